The van der Waals surface area contributed by atoms with E-state index in [0.29, 0.717) is 10.3 Å². The van der Waals surface area contributed by atoms with Crippen molar-refractivity contribution in [3.8, 4) is 0 Å². The number of nitrogens with zero attached hydrogens (tertiary/aromatic N) is 6. The first-order valence-electron chi connectivity index (χ1n) is 10.5. The SMILES string of the molecule is Cc1cccc(N=NN([O-])C(C)(C)C)c1C.Cc1cccc(N=NN([O-])C(C)(C)C)c1C.[Pd+2]. The minimum atomic E-state index is -0.554. The quantitative estimate of drug-likeness (QED) is 0.222. The van der Waals surface area contributed by atoms with Crippen molar-refractivity contribution in [2.24, 2.45) is 20.7 Å². The van der Waals surface area contributed by atoms with Gasteiger partial charge in [0.2, 0.25) is 0 Å². The Bertz CT molecular complexity index is 871. The molecule has 0 saturated heterocycles. The average molecular weight is 547 g/mol. The Morgan fingerprint density at radius 3 is 1.18 bits per heavy atom. The van der Waals surface area contributed by atoms with Gasteiger partial charge in [-0.15, -0.1) is 10.2 Å². The van der Waals surface area contributed by atoms with E-state index in [1.54, 1.807) is 41.5 Å². The van der Waals surface area contributed by atoms with Gasteiger partial charge in [-0.3, -0.25) is 0 Å². The van der Waals surface area contributed by atoms with Crippen LogP contribution in [0.15, 0.2) is 57.1 Å². The Labute approximate surface area is 212 Å². The second kappa shape index (κ2) is 12.9. The zero-order chi connectivity index (χ0) is 24.7. The Balaban J connectivity index is 0.000000602. The molecule has 0 aliphatic carbocycles. The van der Waals surface area contributed by atoms with Crippen LogP contribution in [0.4, 0.5) is 11.4 Å². The summed E-state index contributed by atoms with van der Waals surface area (Å²) in [6.45, 7) is 18.7. The molecular weight excluding hydrogens is 511 g/mol. The molecule has 0 spiro atoms. The first kappa shape index (κ1) is 30.8. The number of hydroxylamine groups is 2. The van der Waals surface area contributed by atoms with Crippen molar-refractivity contribution < 1.29 is 20.4 Å². The third kappa shape index (κ3) is 10.1. The fourth-order valence-electron chi connectivity index (χ4n) is 2.13. The minimum absolute atomic E-state index is 0. The molecule has 0 atom stereocenters. The second-order valence-electron chi connectivity index (χ2n) is 9.70. The molecule has 0 aliphatic rings. The number of aryl methyl sites for hydroxylation is 2. The summed E-state index contributed by atoms with van der Waals surface area (Å²) >= 11 is 0. The Morgan fingerprint density at radius 2 is 0.909 bits per heavy atom. The number of benzene rings is 2. The summed E-state index contributed by atoms with van der Waals surface area (Å²) in [6, 6.07) is 11.5. The first-order chi connectivity index (χ1) is 14.6. The molecule has 33 heavy (non-hydrogen) atoms. The van der Waals surface area contributed by atoms with Gasteiger partial charge in [0, 0.05) is 11.1 Å². The van der Waals surface area contributed by atoms with E-state index in [4.69, 9.17) is 0 Å². The van der Waals surface area contributed by atoms with Crippen LogP contribution in [0.3, 0.4) is 0 Å². The van der Waals surface area contributed by atoms with Gasteiger partial charge in [-0.25, -0.2) is 0 Å². The minimum Gasteiger partial charge on any atom is -0.740 e. The number of hydrogen-bond donors (Lipinski definition) is 0. The van der Waals surface area contributed by atoms with Crippen LogP contribution in [0.5, 0.6) is 0 Å². The van der Waals surface area contributed by atoms with E-state index < -0.39 is 11.1 Å². The van der Waals surface area contributed by atoms with E-state index in [9.17, 15) is 10.4 Å². The van der Waals surface area contributed by atoms with Gasteiger partial charge in [-0.2, -0.15) is 0 Å². The molecule has 0 N–H and O–H groups in total. The molecule has 0 amide bonds. The second-order valence-corrected chi connectivity index (χ2v) is 9.70. The van der Waals surface area contributed by atoms with Crippen molar-refractivity contribution in [1.82, 2.24) is 10.3 Å². The van der Waals surface area contributed by atoms with Gasteiger partial charge in [0.15, 0.2) is 0 Å². The molecular formula is C24H36N6O2Pd. The van der Waals surface area contributed by atoms with Crippen LogP contribution in [0.1, 0.15) is 63.8 Å². The summed E-state index contributed by atoms with van der Waals surface area (Å²) in [5.41, 5.74) is 4.76. The summed E-state index contributed by atoms with van der Waals surface area (Å²) < 4.78 is 0. The maximum Gasteiger partial charge on any atom is 2.00 e. The van der Waals surface area contributed by atoms with Crippen LogP contribution in [0.25, 0.3) is 0 Å². The standard InChI is InChI=1S/2C12H18N3O.Pd/c2*1-9-7-6-8-11(10(9)2)13-14-15(16)12(3,4)5;/h2*6-8H,1-5H3;/q2*-1;+2. The summed E-state index contributed by atoms with van der Waals surface area (Å²) in [5.74, 6) is 0. The van der Waals surface area contributed by atoms with Gasteiger partial charge in [0.25, 0.3) is 0 Å². The third-order valence-electron chi connectivity index (χ3n) is 4.77. The van der Waals surface area contributed by atoms with Crippen LogP contribution in [0.2, 0.25) is 0 Å². The molecule has 8 nitrogen and oxygen atoms in total. The van der Waals surface area contributed by atoms with Gasteiger partial charge < -0.3 is 20.8 Å². The molecule has 0 unspecified atom stereocenters. The van der Waals surface area contributed by atoms with Crippen LogP contribution < -0.4 is 0 Å². The van der Waals surface area contributed by atoms with E-state index in [1.165, 1.54) is 0 Å². The molecule has 9 heteroatoms. The molecule has 184 valence electrons. The monoisotopic (exact) mass is 546 g/mol. The van der Waals surface area contributed by atoms with E-state index >= 15 is 0 Å². The van der Waals surface area contributed by atoms with Crippen molar-refractivity contribution in [3.63, 3.8) is 0 Å². The van der Waals surface area contributed by atoms with Gasteiger partial charge in [-0.05, 0) is 104 Å². The van der Waals surface area contributed by atoms with Crippen LogP contribution in [-0.2, 0) is 20.4 Å². The molecule has 0 radical (unpaired) electrons. The molecule has 0 heterocycles. The Morgan fingerprint density at radius 1 is 0.606 bits per heavy atom. The molecule has 0 aromatic heterocycles. The molecule has 2 aromatic carbocycles. The fraction of sp³-hybridized carbons (Fsp3) is 0.500. The smallest absolute Gasteiger partial charge is 0.740 e. The Kier molecular flexibility index (Phi) is 12.0. The zero-order valence-corrected chi connectivity index (χ0v) is 22.8. The maximum atomic E-state index is 11.5. The summed E-state index contributed by atoms with van der Waals surface area (Å²) in [4.78, 5) is 0. The van der Waals surface area contributed by atoms with Gasteiger partial charge in [0.05, 0.1) is 11.4 Å². The average Bonchev–Trinajstić information content (AvgIpc) is 2.68. The number of rotatable bonds is 4. The van der Waals surface area contributed by atoms with Crippen molar-refractivity contribution in [1.29, 1.82) is 0 Å². The van der Waals surface area contributed by atoms with Crippen LogP contribution in [-0.4, -0.2) is 21.4 Å². The van der Waals surface area contributed by atoms with Gasteiger partial charge in [-0.1, -0.05) is 34.7 Å². The van der Waals surface area contributed by atoms with Crippen molar-refractivity contribution in [2.45, 2.75) is 80.3 Å². The molecule has 2 rings (SSSR count). The van der Waals surface area contributed by atoms with Crippen molar-refractivity contribution in [2.75, 3.05) is 0 Å². The van der Waals surface area contributed by atoms with E-state index in [0.717, 1.165) is 33.6 Å². The molecule has 0 saturated carbocycles. The predicted molar refractivity (Wildman–Crippen MR) is 131 cm³/mol. The largest absolute Gasteiger partial charge is 2.00 e. The predicted octanol–water partition coefficient (Wildman–Crippen LogP) is 7.80. The van der Waals surface area contributed by atoms with Crippen molar-refractivity contribution >= 4 is 11.4 Å². The Hall–Kier alpha value is -2.18. The maximum absolute atomic E-state index is 11.5. The summed E-state index contributed by atoms with van der Waals surface area (Å²) in [7, 11) is 0. The van der Waals surface area contributed by atoms with Crippen molar-refractivity contribution in [3.05, 3.63) is 69.1 Å². The van der Waals surface area contributed by atoms with Gasteiger partial charge >= 0.3 is 20.4 Å². The summed E-state index contributed by atoms with van der Waals surface area (Å²) in [5, 5.41) is 39.5. The van der Waals surface area contributed by atoms with Crippen LogP contribution in [0, 0.1) is 38.1 Å². The topological polar surface area (TPSA) is 102 Å². The molecule has 0 aliphatic heterocycles. The van der Waals surface area contributed by atoms with Crippen LogP contribution >= 0.6 is 0 Å². The fourth-order valence-corrected chi connectivity index (χ4v) is 2.13. The van der Waals surface area contributed by atoms with E-state index in [1.807, 2.05) is 64.1 Å². The molecule has 0 bridgehead atoms. The summed E-state index contributed by atoms with van der Waals surface area (Å²) in [6.07, 6.45) is 0. The first-order valence-corrected chi connectivity index (χ1v) is 10.5. The van der Waals surface area contributed by atoms with E-state index in [2.05, 4.69) is 20.7 Å². The number of hydrogen-bond acceptors (Lipinski definition) is 6. The van der Waals surface area contributed by atoms with E-state index in [-0.39, 0.29) is 20.4 Å². The molecule has 0 fully saturated rings. The van der Waals surface area contributed by atoms with Gasteiger partial charge in [0.1, 0.15) is 0 Å². The normalized spacial score (nSPS) is 11.8. The zero-order valence-electron chi connectivity index (χ0n) is 21.3. The third-order valence-corrected chi connectivity index (χ3v) is 4.77. The molecule has 2 aromatic rings.